The maximum atomic E-state index is 12.1. The minimum Gasteiger partial charge on any atom is -0.392 e. The summed E-state index contributed by atoms with van der Waals surface area (Å²) in [5, 5.41) is 11.9. The van der Waals surface area contributed by atoms with Crippen molar-refractivity contribution in [1.82, 2.24) is 5.32 Å². The fourth-order valence-electron chi connectivity index (χ4n) is 2.15. The highest BCUT2D eigenvalue weighted by Crippen LogP contribution is 2.09. The van der Waals surface area contributed by atoms with Crippen LogP contribution in [0.15, 0.2) is 42.5 Å². The van der Waals surface area contributed by atoms with Gasteiger partial charge in [-0.1, -0.05) is 41.5 Å². The van der Waals surface area contributed by atoms with Crippen LogP contribution in [0.1, 0.15) is 32.6 Å². The Labute approximate surface area is 119 Å². The second-order valence-electron chi connectivity index (χ2n) is 5.03. The number of amides is 1. The van der Waals surface area contributed by atoms with Gasteiger partial charge in [-0.3, -0.25) is 4.79 Å². The van der Waals surface area contributed by atoms with E-state index in [4.69, 9.17) is 5.11 Å². The fraction of sp³-hybridized carbons (Fsp3) is 0.235. The highest BCUT2D eigenvalue weighted by atomic mass is 16.3. The van der Waals surface area contributed by atoms with Gasteiger partial charge < -0.3 is 10.4 Å². The lowest BCUT2D eigenvalue weighted by molar-refractivity contribution is 0.0950. The molecule has 0 saturated carbocycles. The van der Waals surface area contributed by atoms with E-state index in [1.165, 1.54) is 0 Å². The number of rotatable bonds is 4. The van der Waals surface area contributed by atoms with Gasteiger partial charge in [-0.2, -0.15) is 0 Å². The van der Waals surface area contributed by atoms with Gasteiger partial charge in [0.1, 0.15) is 0 Å². The lowest BCUT2D eigenvalue weighted by Gasteiger charge is -2.08. The van der Waals surface area contributed by atoms with Crippen LogP contribution >= 0.6 is 0 Å². The van der Waals surface area contributed by atoms with E-state index in [-0.39, 0.29) is 12.5 Å². The topological polar surface area (TPSA) is 49.3 Å². The first-order valence-electron chi connectivity index (χ1n) is 6.63. The Morgan fingerprint density at radius 2 is 1.55 bits per heavy atom. The number of nitrogens with one attached hydrogen (secondary N) is 1. The smallest absolute Gasteiger partial charge is 0.251 e. The first-order chi connectivity index (χ1) is 9.58. The van der Waals surface area contributed by atoms with Crippen molar-refractivity contribution < 1.29 is 9.90 Å². The maximum absolute atomic E-state index is 12.1. The van der Waals surface area contributed by atoms with Crippen LogP contribution in [-0.4, -0.2) is 11.0 Å². The molecule has 0 aliphatic heterocycles. The maximum Gasteiger partial charge on any atom is 0.251 e. The molecule has 0 saturated heterocycles. The molecule has 0 heterocycles. The second-order valence-corrected chi connectivity index (χ2v) is 5.03. The Morgan fingerprint density at radius 1 is 1.00 bits per heavy atom. The van der Waals surface area contributed by atoms with Crippen LogP contribution < -0.4 is 5.32 Å². The molecule has 0 spiro atoms. The van der Waals surface area contributed by atoms with E-state index >= 15 is 0 Å². The minimum absolute atomic E-state index is 0.0369. The minimum atomic E-state index is -0.0666. The number of aliphatic hydroxyl groups is 1. The molecule has 0 bridgehead atoms. The molecular weight excluding hydrogens is 250 g/mol. The first kappa shape index (κ1) is 14.3. The summed E-state index contributed by atoms with van der Waals surface area (Å²) >= 11 is 0. The van der Waals surface area contributed by atoms with Crippen LogP contribution in [0.3, 0.4) is 0 Å². The average molecular weight is 269 g/mol. The molecule has 0 unspecified atom stereocenters. The van der Waals surface area contributed by atoms with E-state index in [9.17, 15) is 4.79 Å². The van der Waals surface area contributed by atoms with Crippen LogP contribution in [0.25, 0.3) is 0 Å². The Kier molecular flexibility index (Phi) is 4.53. The summed E-state index contributed by atoms with van der Waals surface area (Å²) in [7, 11) is 0. The number of benzene rings is 2. The molecule has 104 valence electrons. The standard InChI is InChI=1S/C17H19NO2/c1-12-7-13(2)9-16(8-12)17(20)18-10-14-3-5-15(11-19)6-4-14/h3-9,19H,10-11H2,1-2H3,(H,18,20). The van der Waals surface area contributed by atoms with Gasteiger partial charge in [-0.15, -0.1) is 0 Å². The molecule has 3 heteroatoms. The molecule has 2 rings (SSSR count). The quantitative estimate of drug-likeness (QED) is 0.896. The van der Waals surface area contributed by atoms with E-state index < -0.39 is 0 Å². The van der Waals surface area contributed by atoms with Gasteiger partial charge in [0.05, 0.1) is 6.61 Å². The zero-order valence-electron chi connectivity index (χ0n) is 11.8. The molecule has 3 nitrogen and oxygen atoms in total. The van der Waals surface area contributed by atoms with Gasteiger partial charge in [0, 0.05) is 12.1 Å². The van der Waals surface area contributed by atoms with Gasteiger partial charge in [0.25, 0.3) is 5.91 Å². The third-order valence-corrected chi connectivity index (χ3v) is 3.14. The van der Waals surface area contributed by atoms with E-state index in [1.807, 2.05) is 56.3 Å². The highest BCUT2D eigenvalue weighted by Gasteiger charge is 2.06. The van der Waals surface area contributed by atoms with E-state index in [1.54, 1.807) is 0 Å². The molecule has 0 aromatic heterocycles. The summed E-state index contributed by atoms with van der Waals surface area (Å²) in [4.78, 5) is 12.1. The summed E-state index contributed by atoms with van der Waals surface area (Å²) in [6.07, 6.45) is 0. The number of aryl methyl sites for hydroxylation is 2. The highest BCUT2D eigenvalue weighted by molar-refractivity contribution is 5.94. The van der Waals surface area contributed by atoms with Gasteiger partial charge in [0.2, 0.25) is 0 Å². The van der Waals surface area contributed by atoms with Crippen molar-refractivity contribution in [3.8, 4) is 0 Å². The molecule has 0 aliphatic carbocycles. The summed E-state index contributed by atoms with van der Waals surface area (Å²) < 4.78 is 0. The zero-order valence-corrected chi connectivity index (χ0v) is 11.8. The predicted octanol–water partition coefficient (Wildman–Crippen LogP) is 2.73. The van der Waals surface area contributed by atoms with Crippen molar-refractivity contribution in [3.63, 3.8) is 0 Å². The Bertz CT molecular complexity index is 583. The molecule has 2 N–H and O–H groups in total. The van der Waals surface area contributed by atoms with E-state index in [0.29, 0.717) is 12.1 Å². The molecule has 2 aromatic carbocycles. The van der Waals surface area contributed by atoms with Crippen molar-refractivity contribution >= 4 is 5.91 Å². The lowest BCUT2D eigenvalue weighted by Crippen LogP contribution is -2.22. The molecular formula is C17H19NO2. The molecule has 0 fully saturated rings. The molecule has 20 heavy (non-hydrogen) atoms. The average Bonchev–Trinajstić information content (AvgIpc) is 2.44. The number of carbonyl (C=O) groups excluding carboxylic acids is 1. The molecule has 1 amide bonds. The van der Waals surface area contributed by atoms with Crippen LogP contribution in [0.5, 0.6) is 0 Å². The van der Waals surface area contributed by atoms with E-state index in [0.717, 1.165) is 22.3 Å². The first-order valence-corrected chi connectivity index (χ1v) is 6.63. The summed E-state index contributed by atoms with van der Waals surface area (Å²) in [5.74, 6) is -0.0666. The molecule has 0 atom stereocenters. The molecule has 0 aliphatic rings. The third kappa shape index (κ3) is 3.68. The van der Waals surface area contributed by atoms with Crippen LogP contribution in [0.2, 0.25) is 0 Å². The summed E-state index contributed by atoms with van der Waals surface area (Å²) in [6.45, 7) is 4.49. The van der Waals surface area contributed by atoms with Crippen molar-refractivity contribution in [2.24, 2.45) is 0 Å². The van der Waals surface area contributed by atoms with Crippen LogP contribution in [0.4, 0.5) is 0 Å². The molecule has 0 radical (unpaired) electrons. The number of hydrogen-bond donors (Lipinski definition) is 2. The fourth-order valence-corrected chi connectivity index (χ4v) is 2.15. The normalized spacial score (nSPS) is 10.3. The Morgan fingerprint density at radius 3 is 2.10 bits per heavy atom. The summed E-state index contributed by atoms with van der Waals surface area (Å²) in [6, 6.07) is 13.4. The van der Waals surface area contributed by atoms with Crippen molar-refractivity contribution in [3.05, 3.63) is 70.3 Å². The lowest BCUT2D eigenvalue weighted by atomic mass is 10.1. The van der Waals surface area contributed by atoms with Crippen molar-refractivity contribution in [1.29, 1.82) is 0 Å². The third-order valence-electron chi connectivity index (χ3n) is 3.14. The van der Waals surface area contributed by atoms with E-state index in [2.05, 4.69) is 5.32 Å². The SMILES string of the molecule is Cc1cc(C)cc(C(=O)NCc2ccc(CO)cc2)c1. The van der Waals surface area contributed by atoms with Crippen molar-refractivity contribution in [2.75, 3.05) is 0 Å². The number of carbonyl (C=O) groups is 1. The predicted molar refractivity (Wildman–Crippen MR) is 79.5 cm³/mol. The Balaban J connectivity index is 2.00. The summed E-state index contributed by atoms with van der Waals surface area (Å²) in [5.41, 5.74) is 4.74. The monoisotopic (exact) mass is 269 g/mol. The zero-order chi connectivity index (χ0) is 14.5. The number of hydrogen-bond acceptors (Lipinski definition) is 2. The number of aliphatic hydroxyl groups excluding tert-OH is 1. The van der Waals surface area contributed by atoms with Crippen molar-refractivity contribution in [2.45, 2.75) is 27.0 Å². The van der Waals surface area contributed by atoms with Gasteiger partial charge in [-0.25, -0.2) is 0 Å². The second kappa shape index (κ2) is 6.35. The molecule has 2 aromatic rings. The van der Waals surface area contributed by atoms with Crippen LogP contribution in [-0.2, 0) is 13.2 Å². The largest absolute Gasteiger partial charge is 0.392 e. The van der Waals surface area contributed by atoms with Gasteiger partial charge >= 0.3 is 0 Å². The van der Waals surface area contributed by atoms with Gasteiger partial charge in [0.15, 0.2) is 0 Å². The Hall–Kier alpha value is -2.13. The van der Waals surface area contributed by atoms with Gasteiger partial charge in [-0.05, 0) is 37.1 Å². The van der Waals surface area contributed by atoms with Crippen LogP contribution in [0, 0.1) is 13.8 Å².